The summed E-state index contributed by atoms with van der Waals surface area (Å²) in [4.78, 5) is 12.2. The summed E-state index contributed by atoms with van der Waals surface area (Å²) in [6.07, 6.45) is 5.11. The largest absolute Gasteiger partial charge is 0.490 e. The molecule has 0 bridgehead atoms. The van der Waals surface area contributed by atoms with Crippen LogP contribution in [0.25, 0.3) is 0 Å². The number of hydrogen-bond acceptors (Lipinski definition) is 3. The second-order valence-electron chi connectivity index (χ2n) is 6.47. The Kier molecular flexibility index (Phi) is 4.81. The summed E-state index contributed by atoms with van der Waals surface area (Å²) < 4.78 is 5.68. The molecule has 0 saturated heterocycles. The fourth-order valence-electron chi connectivity index (χ4n) is 2.21. The molecule has 2 N–H and O–H groups in total. The van der Waals surface area contributed by atoms with Gasteiger partial charge in [-0.2, -0.15) is 0 Å². The van der Waals surface area contributed by atoms with Crippen LogP contribution in [0.15, 0.2) is 24.3 Å². The van der Waals surface area contributed by atoms with E-state index < -0.39 is 0 Å². The maximum absolute atomic E-state index is 12.2. The average molecular weight is 275 g/mol. The molecule has 0 unspecified atom stereocenters. The van der Waals surface area contributed by atoms with Gasteiger partial charge >= 0.3 is 0 Å². The number of nitrogens with two attached hydrogens (primary N) is 1. The first kappa shape index (κ1) is 15.0. The standard InChI is InChI=1S/C17H25NO2/c1-17(2,11-12-18)10-9-16(19)13-3-5-14(6-4-13)20-15-7-8-15/h3-6,15H,7-12,18H2,1-2H3. The Balaban J connectivity index is 1.85. The van der Waals surface area contributed by atoms with Gasteiger partial charge in [0.15, 0.2) is 5.78 Å². The molecule has 3 heteroatoms. The van der Waals surface area contributed by atoms with E-state index in [4.69, 9.17) is 10.5 Å². The SMILES string of the molecule is CC(C)(CCN)CCC(=O)c1ccc(OC2CC2)cc1. The summed E-state index contributed by atoms with van der Waals surface area (Å²) in [6.45, 7) is 5.01. The first-order valence-corrected chi connectivity index (χ1v) is 7.50. The summed E-state index contributed by atoms with van der Waals surface area (Å²) in [5, 5.41) is 0. The molecule has 110 valence electrons. The lowest BCUT2D eigenvalue weighted by Crippen LogP contribution is -2.18. The van der Waals surface area contributed by atoms with Crippen LogP contribution < -0.4 is 10.5 Å². The average Bonchev–Trinajstić information content (AvgIpc) is 3.21. The van der Waals surface area contributed by atoms with Crippen LogP contribution in [0.1, 0.15) is 56.3 Å². The Morgan fingerprint density at radius 3 is 2.45 bits per heavy atom. The molecule has 1 aliphatic rings. The van der Waals surface area contributed by atoms with Gasteiger partial charge < -0.3 is 10.5 Å². The zero-order chi connectivity index (χ0) is 14.6. The van der Waals surface area contributed by atoms with Crippen LogP contribution in [-0.2, 0) is 0 Å². The number of benzene rings is 1. The van der Waals surface area contributed by atoms with Crippen molar-refractivity contribution >= 4 is 5.78 Å². The van der Waals surface area contributed by atoms with Crippen molar-refractivity contribution < 1.29 is 9.53 Å². The van der Waals surface area contributed by atoms with Crippen LogP contribution in [0.3, 0.4) is 0 Å². The zero-order valence-electron chi connectivity index (χ0n) is 12.5. The van der Waals surface area contributed by atoms with E-state index in [2.05, 4.69) is 13.8 Å². The molecule has 20 heavy (non-hydrogen) atoms. The highest BCUT2D eigenvalue weighted by Gasteiger charge is 2.23. The van der Waals surface area contributed by atoms with Gasteiger partial charge in [0.1, 0.15) is 5.75 Å². The highest BCUT2D eigenvalue weighted by molar-refractivity contribution is 5.96. The van der Waals surface area contributed by atoms with Crippen molar-refractivity contribution in [3.63, 3.8) is 0 Å². The molecule has 0 aliphatic heterocycles. The van der Waals surface area contributed by atoms with Crippen molar-refractivity contribution in [3.8, 4) is 5.75 Å². The van der Waals surface area contributed by atoms with Crippen molar-refractivity contribution in [2.75, 3.05) is 6.54 Å². The third-order valence-electron chi connectivity index (χ3n) is 3.85. The van der Waals surface area contributed by atoms with Gasteiger partial charge in [-0.05, 0) is 61.9 Å². The van der Waals surface area contributed by atoms with E-state index in [-0.39, 0.29) is 11.2 Å². The minimum Gasteiger partial charge on any atom is -0.490 e. The molecule has 0 radical (unpaired) electrons. The molecule has 2 rings (SSSR count). The summed E-state index contributed by atoms with van der Waals surface area (Å²) >= 11 is 0. The summed E-state index contributed by atoms with van der Waals surface area (Å²) in [6, 6.07) is 7.54. The Hall–Kier alpha value is -1.35. The van der Waals surface area contributed by atoms with Gasteiger partial charge in [-0.15, -0.1) is 0 Å². The van der Waals surface area contributed by atoms with Crippen molar-refractivity contribution in [3.05, 3.63) is 29.8 Å². The van der Waals surface area contributed by atoms with Crippen LogP contribution in [0.2, 0.25) is 0 Å². The molecule has 0 amide bonds. The summed E-state index contributed by atoms with van der Waals surface area (Å²) in [7, 11) is 0. The predicted octanol–water partition coefficient (Wildman–Crippen LogP) is 3.57. The van der Waals surface area contributed by atoms with Gasteiger partial charge in [-0.25, -0.2) is 0 Å². The van der Waals surface area contributed by atoms with Gasteiger partial charge in [-0.3, -0.25) is 4.79 Å². The molecule has 1 aliphatic carbocycles. The second-order valence-corrected chi connectivity index (χ2v) is 6.47. The normalized spacial score (nSPS) is 15.2. The van der Waals surface area contributed by atoms with Gasteiger partial charge in [-0.1, -0.05) is 13.8 Å². The van der Waals surface area contributed by atoms with E-state index in [1.54, 1.807) is 0 Å². The topological polar surface area (TPSA) is 52.3 Å². The molecule has 0 aromatic heterocycles. The number of hydrogen-bond donors (Lipinski definition) is 1. The maximum atomic E-state index is 12.2. The quantitative estimate of drug-likeness (QED) is 0.738. The maximum Gasteiger partial charge on any atom is 0.162 e. The van der Waals surface area contributed by atoms with Crippen molar-refractivity contribution in [2.45, 2.75) is 52.1 Å². The van der Waals surface area contributed by atoms with E-state index in [1.807, 2.05) is 24.3 Å². The first-order valence-electron chi connectivity index (χ1n) is 7.50. The number of carbonyl (C=O) groups excluding carboxylic acids is 1. The van der Waals surface area contributed by atoms with E-state index in [9.17, 15) is 4.79 Å². The van der Waals surface area contributed by atoms with Crippen molar-refractivity contribution in [1.29, 1.82) is 0 Å². The molecule has 0 heterocycles. The molecule has 1 saturated carbocycles. The highest BCUT2D eigenvalue weighted by Crippen LogP contribution is 2.28. The molecule has 1 fully saturated rings. The molecule has 1 aromatic carbocycles. The molecule has 0 atom stereocenters. The lowest BCUT2D eigenvalue weighted by molar-refractivity contribution is 0.0961. The number of rotatable bonds is 8. The minimum absolute atomic E-state index is 0.138. The summed E-state index contributed by atoms with van der Waals surface area (Å²) in [5.41, 5.74) is 6.51. The Bertz CT molecular complexity index is 447. The number of ether oxygens (including phenoxy) is 1. The smallest absolute Gasteiger partial charge is 0.162 e. The lowest BCUT2D eigenvalue weighted by Gasteiger charge is -2.23. The van der Waals surface area contributed by atoms with Crippen LogP contribution in [0, 0.1) is 5.41 Å². The van der Waals surface area contributed by atoms with E-state index >= 15 is 0 Å². The third kappa shape index (κ3) is 4.64. The van der Waals surface area contributed by atoms with Gasteiger partial charge in [0.25, 0.3) is 0 Å². The lowest BCUT2D eigenvalue weighted by atomic mass is 9.83. The molecular weight excluding hydrogens is 250 g/mol. The molecule has 1 aromatic rings. The Morgan fingerprint density at radius 2 is 1.90 bits per heavy atom. The summed E-state index contributed by atoms with van der Waals surface area (Å²) in [5.74, 6) is 1.07. The fourth-order valence-corrected chi connectivity index (χ4v) is 2.21. The number of carbonyl (C=O) groups is 1. The van der Waals surface area contributed by atoms with E-state index in [0.717, 1.165) is 37.0 Å². The van der Waals surface area contributed by atoms with Gasteiger partial charge in [0, 0.05) is 12.0 Å². The number of ketones is 1. The number of Topliss-reactive ketones (excluding diaryl/α,β-unsaturated/α-hetero) is 1. The minimum atomic E-state index is 0.138. The highest BCUT2D eigenvalue weighted by atomic mass is 16.5. The van der Waals surface area contributed by atoms with E-state index in [1.165, 1.54) is 0 Å². The van der Waals surface area contributed by atoms with E-state index in [0.29, 0.717) is 19.1 Å². The first-order chi connectivity index (χ1) is 9.50. The van der Waals surface area contributed by atoms with Crippen molar-refractivity contribution in [1.82, 2.24) is 0 Å². The Morgan fingerprint density at radius 1 is 1.25 bits per heavy atom. The van der Waals surface area contributed by atoms with Crippen molar-refractivity contribution in [2.24, 2.45) is 11.1 Å². The predicted molar refractivity (Wildman–Crippen MR) is 81.1 cm³/mol. The fraction of sp³-hybridized carbons (Fsp3) is 0.588. The second kappa shape index (κ2) is 6.40. The zero-order valence-corrected chi connectivity index (χ0v) is 12.5. The van der Waals surface area contributed by atoms with Crippen LogP contribution >= 0.6 is 0 Å². The third-order valence-corrected chi connectivity index (χ3v) is 3.85. The molecular formula is C17H25NO2. The van der Waals surface area contributed by atoms with Gasteiger partial charge in [0.05, 0.1) is 6.10 Å². The van der Waals surface area contributed by atoms with Crippen LogP contribution in [0.5, 0.6) is 5.75 Å². The molecule has 0 spiro atoms. The van der Waals surface area contributed by atoms with Crippen LogP contribution in [-0.4, -0.2) is 18.4 Å². The Labute approximate surface area is 121 Å². The van der Waals surface area contributed by atoms with Gasteiger partial charge in [0.2, 0.25) is 0 Å². The van der Waals surface area contributed by atoms with Crippen LogP contribution in [0.4, 0.5) is 0 Å². The molecule has 3 nitrogen and oxygen atoms in total. The monoisotopic (exact) mass is 275 g/mol.